The first kappa shape index (κ1) is 15.0. The van der Waals surface area contributed by atoms with Crippen LogP contribution < -0.4 is 5.73 Å². The molecule has 0 spiro atoms. The van der Waals surface area contributed by atoms with Gasteiger partial charge in [0.2, 0.25) is 0 Å². The summed E-state index contributed by atoms with van der Waals surface area (Å²) in [6, 6.07) is 10.4. The van der Waals surface area contributed by atoms with E-state index in [4.69, 9.17) is 5.73 Å². The van der Waals surface area contributed by atoms with Gasteiger partial charge in [0.25, 0.3) is 0 Å². The first-order chi connectivity index (χ1) is 10.2. The van der Waals surface area contributed by atoms with Crippen molar-refractivity contribution in [2.75, 3.05) is 26.2 Å². The van der Waals surface area contributed by atoms with Crippen LogP contribution in [0.4, 0.5) is 0 Å². The topological polar surface area (TPSA) is 32.5 Å². The number of piperazine rings is 1. The molecule has 0 aliphatic carbocycles. The third-order valence-electron chi connectivity index (χ3n) is 5.41. The Morgan fingerprint density at radius 1 is 1.24 bits per heavy atom. The van der Waals surface area contributed by atoms with Crippen molar-refractivity contribution in [3.8, 4) is 0 Å². The SMILES string of the molecule is Cc1ccccc1C(CN)N1CC2CCCCN2CC1C. The first-order valence-electron chi connectivity index (χ1n) is 8.46. The maximum Gasteiger partial charge on any atom is 0.0477 e. The van der Waals surface area contributed by atoms with E-state index >= 15 is 0 Å². The summed E-state index contributed by atoms with van der Waals surface area (Å²) in [5.74, 6) is 0. The number of benzene rings is 1. The second kappa shape index (κ2) is 6.47. The highest BCUT2D eigenvalue weighted by atomic mass is 15.3. The summed E-state index contributed by atoms with van der Waals surface area (Å²) in [6.45, 7) is 8.96. The number of nitrogens with zero attached hydrogens (tertiary/aromatic N) is 2. The molecule has 116 valence electrons. The molecular formula is C18H29N3. The molecule has 21 heavy (non-hydrogen) atoms. The molecule has 0 radical (unpaired) electrons. The molecule has 2 heterocycles. The zero-order valence-electron chi connectivity index (χ0n) is 13.5. The van der Waals surface area contributed by atoms with Crippen LogP contribution in [0.15, 0.2) is 24.3 Å². The van der Waals surface area contributed by atoms with Gasteiger partial charge in [0.1, 0.15) is 0 Å². The lowest BCUT2D eigenvalue weighted by Gasteiger charge is -2.50. The molecule has 3 nitrogen and oxygen atoms in total. The van der Waals surface area contributed by atoms with Gasteiger partial charge >= 0.3 is 0 Å². The number of fused-ring (bicyclic) bond motifs is 1. The van der Waals surface area contributed by atoms with Crippen molar-refractivity contribution in [2.45, 2.75) is 51.2 Å². The van der Waals surface area contributed by atoms with Crippen LogP contribution in [0.25, 0.3) is 0 Å². The fraction of sp³-hybridized carbons (Fsp3) is 0.667. The summed E-state index contributed by atoms with van der Waals surface area (Å²) < 4.78 is 0. The Kier molecular flexibility index (Phi) is 4.63. The summed E-state index contributed by atoms with van der Waals surface area (Å²) in [5, 5.41) is 0. The van der Waals surface area contributed by atoms with E-state index in [9.17, 15) is 0 Å². The molecule has 2 N–H and O–H groups in total. The Labute approximate surface area is 129 Å². The maximum atomic E-state index is 6.18. The van der Waals surface area contributed by atoms with Crippen LogP contribution >= 0.6 is 0 Å². The second-order valence-electron chi connectivity index (χ2n) is 6.80. The molecule has 3 unspecified atom stereocenters. The van der Waals surface area contributed by atoms with Crippen molar-refractivity contribution in [1.82, 2.24) is 9.80 Å². The first-order valence-corrected chi connectivity index (χ1v) is 8.46. The highest BCUT2D eigenvalue weighted by molar-refractivity contribution is 5.29. The summed E-state index contributed by atoms with van der Waals surface area (Å²) in [5.41, 5.74) is 8.96. The van der Waals surface area contributed by atoms with Crippen LogP contribution in [0.3, 0.4) is 0 Å². The zero-order chi connectivity index (χ0) is 14.8. The Morgan fingerprint density at radius 2 is 2.05 bits per heavy atom. The molecule has 0 amide bonds. The number of rotatable bonds is 3. The molecule has 3 heteroatoms. The molecule has 0 bridgehead atoms. The van der Waals surface area contributed by atoms with E-state index in [0.717, 1.165) is 6.04 Å². The number of aryl methyl sites for hydroxylation is 1. The highest BCUT2D eigenvalue weighted by Crippen LogP contribution is 2.31. The summed E-state index contributed by atoms with van der Waals surface area (Å²) in [4.78, 5) is 5.37. The molecule has 0 aromatic heterocycles. The fourth-order valence-electron chi connectivity index (χ4n) is 4.21. The van der Waals surface area contributed by atoms with Crippen molar-refractivity contribution in [3.05, 3.63) is 35.4 Å². The summed E-state index contributed by atoms with van der Waals surface area (Å²) in [6.07, 6.45) is 4.12. The summed E-state index contributed by atoms with van der Waals surface area (Å²) >= 11 is 0. The molecule has 2 fully saturated rings. The van der Waals surface area contributed by atoms with E-state index < -0.39 is 0 Å². The van der Waals surface area contributed by atoms with Crippen molar-refractivity contribution in [2.24, 2.45) is 5.73 Å². The van der Waals surface area contributed by atoms with Gasteiger partial charge in [-0.25, -0.2) is 0 Å². The smallest absolute Gasteiger partial charge is 0.0477 e. The van der Waals surface area contributed by atoms with Gasteiger partial charge in [-0.3, -0.25) is 9.80 Å². The van der Waals surface area contributed by atoms with Crippen LogP contribution in [-0.2, 0) is 0 Å². The minimum atomic E-state index is 0.366. The minimum absolute atomic E-state index is 0.366. The number of hydrogen-bond donors (Lipinski definition) is 1. The van der Waals surface area contributed by atoms with Crippen molar-refractivity contribution >= 4 is 0 Å². The molecule has 1 aromatic rings. The van der Waals surface area contributed by atoms with Gasteiger partial charge in [0, 0.05) is 37.8 Å². The quantitative estimate of drug-likeness (QED) is 0.927. The standard InChI is InChI=1S/C18H29N3/c1-14-7-3-4-9-17(14)18(11-19)21-13-16-8-5-6-10-20(16)12-15(21)2/h3-4,7,9,15-16,18H,5-6,8,10-13,19H2,1-2H3. The Hall–Kier alpha value is -0.900. The van der Waals surface area contributed by atoms with E-state index in [1.54, 1.807) is 0 Å². The van der Waals surface area contributed by atoms with Crippen LogP contribution in [0.1, 0.15) is 43.4 Å². The van der Waals surface area contributed by atoms with Gasteiger partial charge in [-0.15, -0.1) is 0 Å². The largest absolute Gasteiger partial charge is 0.329 e. The molecule has 3 atom stereocenters. The third kappa shape index (κ3) is 3.01. The average molecular weight is 287 g/mol. The highest BCUT2D eigenvalue weighted by Gasteiger charge is 2.36. The van der Waals surface area contributed by atoms with E-state index in [1.165, 1.54) is 50.0 Å². The molecule has 2 saturated heterocycles. The van der Waals surface area contributed by atoms with E-state index in [1.807, 2.05) is 0 Å². The monoisotopic (exact) mass is 287 g/mol. The van der Waals surface area contributed by atoms with Crippen molar-refractivity contribution in [1.29, 1.82) is 0 Å². The Morgan fingerprint density at radius 3 is 2.81 bits per heavy atom. The minimum Gasteiger partial charge on any atom is -0.329 e. The van der Waals surface area contributed by atoms with Gasteiger partial charge in [-0.1, -0.05) is 30.7 Å². The van der Waals surface area contributed by atoms with E-state index in [-0.39, 0.29) is 0 Å². The molecule has 3 rings (SSSR count). The third-order valence-corrected chi connectivity index (χ3v) is 5.41. The van der Waals surface area contributed by atoms with Crippen LogP contribution in [-0.4, -0.2) is 48.1 Å². The molecule has 2 aliphatic heterocycles. The van der Waals surface area contributed by atoms with Crippen LogP contribution in [0, 0.1) is 6.92 Å². The van der Waals surface area contributed by atoms with Gasteiger partial charge in [0.15, 0.2) is 0 Å². The van der Waals surface area contributed by atoms with E-state index in [0.29, 0.717) is 18.6 Å². The summed E-state index contributed by atoms with van der Waals surface area (Å²) in [7, 11) is 0. The Balaban J connectivity index is 1.81. The lowest BCUT2D eigenvalue weighted by molar-refractivity contribution is -0.00678. The number of piperidine rings is 1. The number of hydrogen-bond acceptors (Lipinski definition) is 3. The predicted octanol–water partition coefficient (Wildman–Crippen LogP) is 2.55. The zero-order valence-corrected chi connectivity index (χ0v) is 13.5. The van der Waals surface area contributed by atoms with Gasteiger partial charge in [-0.2, -0.15) is 0 Å². The molecule has 0 saturated carbocycles. The van der Waals surface area contributed by atoms with E-state index in [2.05, 4.69) is 47.9 Å². The lowest BCUT2D eigenvalue weighted by Crippen LogP contribution is -2.60. The van der Waals surface area contributed by atoms with Crippen molar-refractivity contribution < 1.29 is 0 Å². The number of nitrogens with two attached hydrogens (primary N) is 1. The fourth-order valence-corrected chi connectivity index (χ4v) is 4.21. The molecule has 2 aliphatic rings. The second-order valence-corrected chi connectivity index (χ2v) is 6.80. The van der Waals surface area contributed by atoms with Gasteiger partial charge < -0.3 is 5.73 Å². The van der Waals surface area contributed by atoms with Gasteiger partial charge in [0.05, 0.1) is 0 Å². The van der Waals surface area contributed by atoms with Crippen LogP contribution in [0.5, 0.6) is 0 Å². The molecular weight excluding hydrogens is 258 g/mol. The van der Waals surface area contributed by atoms with Crippen molar-refractivity contribution in [3.63, 3.8) is 0 Å². The lowest BCUT2D eigenvalue weighted by atomic mass is 9.93. The predicted molar refractivity (Wildman–Crippen MR) is 88.4 cm³/mol. The van der Waals surface area contributed by atoms with Gasteiger partial charge in [-0.05, 0) is 44.4 Å². The Bertz CT molecular complexity index is 473. The molecule has 1 aromatic carbocycles. The van der Waals surface area contributed by atoms with Crippen LogP contribution in [0.2, 0.25) is 0 Å². The normalized spacial score (nSPS) is 29.1. The maximum absolute atomic E-state index is 6.18. The average Bonchev–Trinajstić information content (AvgIpc) is 2.50.